The van der Waals surface area contributed by atoms with Crippen molar-refractivity contribution in [2.24, 2.45) is 0 Å². The monoisotopic (exact) mass is 269 g/mol. The second kappa shape index (κ2) is 4.14. The molecule has 1 saturated heterocycles. The van der Waals surface area contributed by atoms with Gasteiger partial charge in [0, 0.05) is 10.0 Å². The third-order valence-corrected chi connectivity index (χ3v) is 3.36. The summed E-state index contributed by atoms with van der Waals surface area (Å²) in [5.74, 6) is 0.936. The molecule has 82 valence electrons. The third kappa shape index (κ3) is 2.52. The van der Waals surface area contributed by atoms with Crippen LogP contribution in [0.1, 0.15) is 20.3 Å². The molecule has 0 spiro atoms. The Kier molecular flexibility index (Phi) is 3.03. The van der Waals surface area contributed by atoms with Crippen LogP contribution in [0.5, 0.6) is 5.75 Å². The first-order valence-electron chi connectivity index (χ1n) is 5.25. The number of ether oxygens (including phenoxy) is 1. The maximum absolute atomic E-state index is 5.98. The minimum Gasteiger partial charge on any atom is -0.488 e. The van der Waals surface area contributed by atoms with Crippen molar-refractivity contribution in [1.82, 2.24) is 5.32 Å². The van der Waals surface area contributed by atoms with Gasteiger partial charge in [0.2, 0.25) is 0 Å². The lowest BCUT2D eigenvalue weighted by molar-refractivity contribution is 0.143. The zero-order valence-electron chi connectivity index (χ0n) is 9.09. The molecule has 1 heterocycles. The summed E-state index contributed by atoms with van der Waals surface area (Å²) in [6, 6.07) is 8.01. The van der Waals surface area contributed by atoms with Crippen molar-refractivity contribution >= 4 is 15.9 Å². The van der Waals surface area contributed by atoms with Gasteiger partial charge in [-0.25, -0.2) is 0 Å². The summed E-state index contributed by atoms with van der Waals surface area (Å²) >= 11 is 3.44. The van der Waals surface area contributed by atoms with E-state index in [-0.39, 0.29) is 11.6 Å². The van der Waals surface area contributed by atoms with Gasteiger partial charge < -0.3 is 10.1 Å². The molecule has 0 bridgehead atoms. The number of rotatable bonds is 2. The molecular weight excluding hydrogens is 254 g/mol. The Morgan fingerprint density at radius 2 is 2.27 bits per heavy atom. The van der Waals surface area contributed by atoms with E-state index in [1.54, 1.807) is 0 Å². The van der Waals surface area contributed by atoms with Crippen LogP contribution >= 0.6 is 15.9 Å². The first-order valence-corrected chi connectivity index (χ1v) is 6.04. The van der Waals surface area contributed by atoms with Crippen LogP contribution in [0, 0.1) is 0 Å². The second-order valence-corrected chi connectivity index (χ2v) is 5.42. The molecule has 2 nitrogen and oxygen atoms in total. The maximum atomic E-state index is 5.98. The largest absolute Gasteiger partial charge is 0.488 e. The zero-order valence-corrected chi connectivity index (χ0v) is 10.7. The van der Waals surface area contributed by atoms with Crippen LogP contribution in [0.15, 0.2) is 28.7 Å². The molecule has 1 aromatic rings. The van der Waals surface area contributed by atoms with Crippen molar-refractivity contribution in [3.05, 3.63) is 28.7 Å². The molecule has 1 unspecified atom stereocenters. The van der Waals surface area contributed by atoms with E-state index in [1.807, 2.05) is 24.3 Å². The van der Waals surface area contributed by atoms with Crippen LogP contribution in [-0.2, 0) is 0 Å². The predicted octanol–water partition coefficient (Wildman–Crippen LogP) is 2.97. The van der Waals surface area contributed by atoms with E-state index >= 15 is 0 Å². The first-order chi connectivity index (χ1) is 7.08. The van der Waals surface area contributed by atoms with Crippen molar-refractivity contribution in [2.75, 3.05) is 6.54 Å². The summed E-state index contributed by atoms with van der Waals surface area (Å²) in [7, 11) is 0. The zero-order chi connectivity index (χ0) is 10.9. The molecule has 0 radical (unpaired) electrons. The minimum atomic E-state index is 0.0717. The molecule has 15 heavy (non-hydrogen) atoms. The molecule has 0 amide bonds. The van der Waals surface area contributed by atoms with Gasteiger partial charge >= 0.3 is 0 Å². The maximum Gasteiger partial charge on any atom is 0.120 e. The quantitative estimate of drug-likeness (QED) is 0.892. The topological polar surface area (TPSA) is 21.3 Å². The molecule has 1 fully saturated rings. The lowest BCUT2D eigenvalue weighted by atomic mass is 10.00. The van der Waals surface area contributed by atoms with Crippen molar-refractivity contribution in [1.29, 1.82) is 0 Å². The summed E-state index contributed by atoms with van der Waals surface area (Å²) in [6.07, 6.45) is 1.33. The Morgan fingerprint density at radius 1 is 1.47 bits per heavy atom. The fourth-order valence-corrected chi connectivity index (χ4v) is 2.29. The highest BCUT2D eigenvalue weighted by molar-refractivity contribution is 9.10. The highest BCUT2D eigenvalue weighted by Gasteiger charge is 2.35. The number of benzene rings is 1. The molecule has 1 aromatic carbocycles. The molecule has 1 N–H and O–H groups in total. The van der Waals surface area contributed by atoms with Crippen LogP contribution in [-0.4, -0.2) is 18.2 Å². The summed E-state index contributed by atoms with van der Waals surface area (Å²) in [5, 5.41) is 3.44. The Bertz CT molecular complexity index is 351. The van der Waals surface area contributed by atoms with Gasteiger partial charge in [-0.1, -0.05) is 22.0 Å². The van der Waals surface area contributed by atoms with Crippen LogP contribution in [0.25, 0.3) is 0 Å². The van der Waals surface area contributed by atoms with Gasteiger partial charge in [0.25, 0.3) is 0 Å². The Hall–Kier alpha value is -0.540. The molecular formula is C12H16BrNO. The minimum absolute atomic E-state index is 0.0717. The molecule has 0 aromatic heterocycles. The van der Waals surface area contributed by atoms with Gasteiger partial charge in [-0.15, -0.1) is 0 Å². The highest BCUT2D eigenvalue weighted by Crippen LogP contribution is 2.26. The van der Waals surface area contributed by atoms with E-state index < -0.39 is 0 Å². The van der Waals surface area contributed by atoms with Gasteiger partial charge in [-0.05, 0) is 45.0 Å². The molecule has 0 saturated carbocycles. The van der Waals surface area contributed by atoms with E-state index in [1.165, 1.54) is 0 Å². The van der Waals surface area contributed by atoms with Crippen molar-refractivity contribution in [3.63, 3.8) is 0 Å². The van der Waals surface area contributed by atoms with Gasteiger partial charge in [0.1, 0.15) is 11.9 Å². The van der Waals surface area contributed by atoms with E-state index in [4.69, 9.17) is 4.74 Å². The lowest BCUT2D eigenvalue weighted by Crippen LogP contribution is -2.44. The predicted molar refractivity (Wildman–Crippen MR) is 65.3 cm³/mol. The SMILES string of the molecule is CC1(C)NCCC1Oc1cccc(Br)c1. The number of hydrogen-bond donors (Lipinski definition) is 1. The van der Waals surface area contributed by atoms with Gasteiger partial charge in [-0.3, -0.25) is 0 Å². The normalized spacial score (nSPS) is 24.1. The van der Waals surface area contributed by atoms with Crippen LogP contribution < -0.4 is 10.1 Å². The van der Waals surface area contributed by atoms with Crippen molar-refractivity contribution in [3.8, 4) is 5.75 Å². The number of nitrogens with one attached hydrogen (secondary N) is 1. The fourth-order valence-electron chi connectivity index (χ4n) is 1.91. The van der Waals surface area contributed by atoms with Crippen molar-refractivity contribution < 1.29 is 4.74 Å². The first kappa shape index (κ1) is 11.0. The molecule has 1 aliphatic heterocycles. The van der Waals surface area contributed by atoms with Gasteiger partial charge in [0.05, 0.1) is 0 Å². The smallest absolute Gasteiger partial charge is 0.120 e. The Morgan fingerprint density at radius 3 is 2.87 bits per heavy atom. The summed E-state index contributed by atoms with van der Waals surface area (Å²) in [6.45, 7) is 5.40. The summed E-state index contributed by atoms with van der Waals surface area (Å²) in [5.41, 5.74) is 0.0717. The third-order valence-electron chi connectivity index (χ3n) is 2.87. The molecule has 1 aliphatic rings. The van der Waals surface area contributed by atoms with Crippen LogP contribution in [0.4, 0.5) is 0 Å². The van der Waals surface area contributed by atoms with Crippen LogP contribution in [0.2, 0.25) is 0 Å². The fraction of sp³-hybridized carbons (Fsp3) is 0.500. The second-order valence-electron chi connectivity index (χ2n) is 4.50. The molecule has 2 rings (SSSR count). The summed E-state index contributed by atoms with van der Waals surface area (Å²) in [4.78, 5) is 0. The lowest BCUT2D eigenvalue weighted by Gasteiger charge is -2.27. The standard InChI is InChI=1S/C12H16BrNO/c1-12(2)11(6-7-14-12)15-10-5-3-4-9(13)8-10/h3-5,8,11,14H,6-7H2,1-2H3. The summed E-state index contributed by atoms with van der Waals surface area (Å²) < 4.78 is 7.04. The Balaban J connectivity index is 2.09. The van der Waals surface area contributed by atoms with Crippen molar-refractivity contribution in [2.45, 2.75) is 31.9 Å². The molecule has 0 aliphatic carbocycles. The van der Waals surface area contributed by atoms with Crippen LogP contribution in [0.3, 0.4) is 0 Å². The Labute approximate surface area is 99.1 Å². The molecule has 3 heteroatoms. The number of halogens is 1. The van der Waals surface area contributed by atoms with E-state index in [0.29, 0.717) is 0 Å². The van der Waals surface area contributed by atoms with E-state index in [9.17, 15) is 0 Å². The van der Waals surface area contributed by atoms with E-state index in [0.717, 1.165) is 23.2 Å². The van der Waals surface area contributed by atoms with Gasteiger partial charge in [0.15, 0.2) is 0 Å². The average molecular weight is 270 g/mol. The van der Waals surface area contributed by atoms with Gasteiger partial charge in [-0.2, -0.15) is 0 Å². The highest BCUT2D eigenvalue weighted by atomic mass is 79.9. The average Bonchev–Trinajstić information content (AvgIpc) is 2.46. The molecule has 1 atom stereocenters. The van der Waals surface area contributed by atoms with E-state index in [2.05, 4.69) is 35.1 Å². The number of hydrogen-bond acceptors (Lipinski definition) is 2.